The molecule has 2 N–H and O–H groups in total. The van der Waals surface area contributed by atoms with E-state index in [9.17, 15) is 4.21 Å². The van der Waals surface area contributed by atoms with Gasteiger partial charge in [-0.2, -0.15) is 0 Å². The fraction of sp³-hybridized carbons (Fsp3) is 0.192. The van der Waals surface area contributed by atoms with Crippen molar-refractivity contribution >= 4 is 44.5 Å². The number of nitrogens with zero attached hydrogens (tertiary/aromatic N) is 4. The second kappa shape index (κ2) is 9.91. The van der Waals surface area contributed by atoms with Crippen molar-refractivity contribution in [3.63, 3.8) is 0 Å². The Morgan fingerprint density at radius 2 is 1.97 bits per heavy atom. The molecule has 2 aromatic carbocycles. The highest BCUT2D eigenvalue weighted by atomic mass is 32.2. The molecule has 9 heteroatoms. The Hall–Kier alpha value is -3.66. The molecule has 178 valence electrons. The fourth-order valence-corrected chi connectivity index (χ4v) is 4.53. The molecule has 1 aromatic heterocycles. The third-order valence-corrected chi connectivity index (χ3v) is 6.35. The maximum atomic E-state index is 10.9. The van der Waals surface area contributed by atoms with Gasteiger partial charge in [-0.05, 0) is 37.6 Å². The molecule has 0 fully saturated rings. The highest BCUT2D eigenvalue weighted by molar-refractivity contribution is 7.77. The van der Waals surface area contributed by atoms with Gasteiger partial charge in [0, 0.05) is 54.4 Å². The molecule has 0 saturated carbocycles. The van der Waals surface area contributed by atoms with E-state index in [1.165, 1.54) is 0 Å². The lowest BCUT2D eigenvalue weighted by atomic mass is 10.0. The summed E-state index contributed by atoms with van der Waals surface area (Å²) in [5.74, 6) is 0.649. The standard InChI is InChI=1S/C26H25N5O3S/c1-3-31(12-11-28-35(32)33)19-13-17(2)25-23(14-19)34-24-15-22(29-18-7-6-10-27-16-18)20-8-4-5-9-21(20)26(24)30-25/h4-10,13-16,28H,3,11-12H2,1-2H3,(H,32,33). The highest BCUT2D eigenvalue weighted by Gasteiger charge is 2.17. The van der Waals surface area contributed by atoms with Gasteiger partial charge in [0.05, 0.1) is 17.2 Å². The minimum atomic E-state index is -2.03. The van der Waals surface area contributed by atoms with Crippen molar-refractivity contribution in [1.29, 1.82) is 0 Å². The summed E-state index contributed by atoms with van der Waals surface area (Å²) in [4.78, 5) is 16.1. The van der Waals surface area contributed by atoms with Gasteiger partial charge < -0.3 is 9.32 Å². The van der Waals surface area contributed by atoms with E-state index in [4.69, 9.17) is 18.9 Å². The van der Waals surface area contributed by atoms with E-state index in [2.05, 4.69) is 20.7 Å². The van der Waals surface area contributed by atoms with Gasteiger partial charge in [-0.1, -0.05) is 24.3 Å². The van der Waals surface area contributed by atoms with E-state index in [0.717, 1.165) is 50.8 Å². The number of rotatable bonds is 7. The summed E-state index contributed by atoms with van der Waals surface area (Å²) < 4.78 is 28.9. The van der Waals surface area contributed by atoms with Crippen molar-refractivity contribution < 1.29 is 13.2 Å². The van der Waals surface area contributed by atoms with Crippen LogP contribution in [0.4, 0.5) is 11.4 Å². The number of aromatic nitrogens is 2. The van der Waals surface area contributed by atoms with E-state index >= 15 is 0 Å². The van der Waals surface area contributed by atoms with E-state index in [-0.39, 0.29) is 0 Å². The monoisotopic (exact) mass is 487 g/mol. The number of fused-ring (bicyclic) bond motifs is 4. The lowest BCUT2D eigenvalue weighted by Crippen LogP contribution is -2.32. The predicted octanol–water partition coefficient (Wildman–Crippen LogP) is 4.57. The number of aryl methyl sites for hydroxylation is 1. The Kier molecular flexibility index (Phi) is 6.54. The maximum absolute atomic E-state index is 10.9. The zero-order valence-electron chi connectivity index (χ0n) is 19.4. The third-order valence-electron chi connectivity index (χ3n) is 5.90. The number of nitrogens with one attached hydrogen (secondary N) is 1. The second-order valence-corrected chi connectivity index (χ2v) is 8.94. The molecule has 2 aliphatic rings. The summed E-state index contributed by atoms with van der Waals surface area (Å²) in [6, 6.07) is 17.8. The molecule has 8 nitrogen and oxygen atoms in total. The van der Waals surface area contributed by atoms with Crippen molar-refractivity contribution in [1.82, 2.24) is 14.7 Å². The average molecular weight is 488 g/mol. The molecular formula is C26H25N5O3S. The summed E-state index contributed by atoms with van der Waals surface area (Å²) in [6.45, 7) is 5.76. The van der Waals surface area contributed by atoms with E-state index in [1.54, 1.807) is 12.4 Å². The van der Waals surface area contributed by atoms with Crippen LogP contribution >= 0.6 is 0 Å². The summed E-state index contributed by atoms with van der Waals surface area (Å²) in [7, 11) is 0. The molecule has 0 bridgehead atoms. The molecule has 1 aliphatic carbocycles. The zero-order valence-corrected chi connectivity index (χ0v) is 20.2. The molecule has 2 heterocycles. The molecule has 0 amide bonds. The van der Waals surface area contributed by atoms with Crippen LogP contribution in [0.5, 0.6) is 0 Å². The normalized spacial score (nSPS) is 13.1. The van der Waals surface area contributed by atoms with Crippen LogP contribution in [0.1, 0.15) is 12.5 Å². The molecule has 1 aliphatic heterocycles. The van der Waals surface area contributed by atoms with E-state index in [1.807, 2.05) is 62.4 Å². The Bertz CT molecular complexity index is 1570. The van der Waals surface area contributed by atoms with Crippen molar-refractivity contribution in [2.45, 2.75) is 13.8 Å². The van der Waals surface area contributed by atoms with Gasteiger partial charge in [-0.3, -0.25) is 9.54 Å². The van der Waals surface area contributed by atoms with Crippen LogP contribution in [0.15, 0.2) is 76.4 Å². The lowest BCUT2D eigenvalue weighted by molar-refractivity contribution is 0.548. The Labute approximate surface area is 205 Å². The van der Waals surface area contributed by atoms with Crippen molar-refractivity contribution in [2.24, 2.45) is 4.99 Å². The van der Waals surface area contributed by atoms with Crippen molar-refractivity contribution in [2.75, 3.05) is 24.5 Å². The molecule has 5 rings (SSSR count). The van der Waals surface area contributed by atoms with Crippen molar-refractivity contribution in [3.8, 4) is 11.5 Å². The Morgan fingerprint density at radius 1 is 1.14 bits per heavy atom. The van der Waals surface area contributed by atoms with Gasteiger partial charge in [0.2, 0.25) is 11.3 Å². The topological polar surface area (TPSA) is 104 Å². The minimum Gasteiger partial charge on any atom is -0.453 e. The minimum absolute atomic E-state index is 0.381. The van der Waals surface area contributed by atoms with Gasteiger partial charge >= 0.3 is 0 Å². The molecular weight excluding hydrogens is 462 g/mol. The lowest BCUT2D eigenvalue weighted by Gasteiger charge is -2.24. The second-order valence-electron chi connectivity index (χ2n) is 8.16. The first-order valence-corrected chi connectivity index (χ1v) is 12.4. The number of hydrogen-bond acceptors (Lipinski definition) is 6. The first-order chi connectivity index (χ1) is 17.0. The number of pyridine rings is 1. The van der Waals surface area contributed by atoms with Crippen LogP contribution in [0.3, 0.4) is 0 Å². The summed E-state index contributed by atoms with van der Waals surface area (Å²) >= 11 is -2.03. The Morgan fingerprint density at radius 3 is 2.71 bits per heavy atom. The average Bonchev–Trinajstić information content (AvgIpc) is 2.86. The first-order valence-electron chi connectivity index (χ1n) is 11.3. The molecule has 0 saturated heterocycles. The first kappa shape index (κ1) is 23.1. The number of likely N-dealkylation sites (N-methyl/N-ethyl adjacent to an activating group) is 1. The maximum Gasteiger partial charge on any atom is 0.231 e. The van der Waals surface area contributed by atoms with Gasteiger partial charge in [0.25, 0.3) is 0 Å². The van der Waals surface area contributed by atoms with Crippen LogP contribution in [-0.4, -0.2) is 38.4 Å². The molecule has 0 radical (unpaired) electrons. The van der Waals surface area contributed by atoms with Crippen LogP contribution in [-0.2, 0) is 11.3 Å². The molecule has 1 atom stereocenters. The highest BCUT2D eigenvalue weighted by Crippen LogP contribution is 2.33. The summed E-state index contributed by atoms with van der Waals surface area (Å²) in [5.41, 5.74) is 4.99. The van der Waals surface area contributed by atoms with Gasteiger partial charge in [-0.15, -0.1) is 0 Å². The van der Waals surface area contributed by atoms with E-state index in [0.29, 0.717) is 24.4 Å². The van der Waals surface area contributed by atoms with E-state index < -0.39 is 11.3 Å². The zero-order chi connectivity index (χ0) is 24.4. The number of hydrogen-bond donors (Lipinski definition) is 2. The number of anilines is 1. The van der Waals surface area contributed by atoms with Gasteiger partial charge in [0.1, 0.15) is 11.2 Å². The summed E-state index contributed by atoms with van der Waals surface area (Å²) in [5, 5.41) is 2.75. The fourth-order valence-electron chi connectivity index (χ4n) is 4.26. The molecule has 1 unspecified atom stereocenters. The van der Waals surface area contributed by atoms with Crippen molar-refractivity contribution in [3.05, 3.63) is 77.9 Å². The third kappa shape index (κ3) is 4.79. The Balaban J connectivity index is 1.68. The molecule has 3 aromatic rings. The number of benzene rings is 3. The quantitative estimate of drug-likeness (QED) is 0.198. The molecule has 35 heavy (non-hydrogen) atoms. The smallest absolute Gasteiger partial charge is 0.231 e. The van der Waals surface area contributed by atoms with Crippen LogP contribution < -0.4 is 15.0 Å². The summed E-state index contributed by atoms with van der Waals surface area (Å²) in [6.07, 6.45) is 3.45. The van der Waals surface area contributed by atoms with Crippen LogP contribution in [0, 0.1) is 6.92 Å². The largest absolute Gasteiger partial charge is 0.453 e. The van der Waals surface area contributed by atoms with Crippen LogP contribution in [0.2, 0.25) is 0 Å². The van der Waals surface area contributed by atoms with Gasteiger partial charge in [0.15, 0.2) is 11.3 Å². The SMILES string of the molecule is CCN(CCNS(=O)O)c1cc(C)c2nc3c4ccccc4c(=Nc4cccnc4)cc-3oc2c1. The predicted molar refractivity (Wildman–Crippen MR) is 139 cm³/mol. The van der Waals surface area contributed by atoms with Crippen LogP contribution in [0.25, 0.3) is 33.3 Å². The van der Waals surface area contributed by atoms with Gasteiger partial charge in [-0.25, -0.2) is 18.9 Å². The molecule has 0 spiro atoms.